The highest BCUT2D eigenvalue weighted by atomic mass is 35.5. The van der Waals surface area contributed by atoms with Gasteiger partial charge in [0, 0.05) is 21.5 Å². The van der Waals surface area contributed by atoms with Gasteiger partial charge in [0.1, 0.15) is 5.75 Å². The maximum Gasteiger partial charge on any atom is 0.323 e. The van der Waals surface area contributed by atoms with E-state index in [1.54, 1.807) is 42.5 Å². The third-order valence-corrected chi connectivity index (χ3v) is 3.47. The molecule has 110 valence electrons. The van der Waals surface area contributed by atoms with Crippen LogP contribution in [0.2, 0.25) is 5.02 Å². The van der Waals surface area contributed by atoms with Crippen LogP contribution >= 0.6 is 11.6 Å². The SMILES string of the molecule is O=C(Nc1cccc(Cl)c1)Nc1ccc(O)c2ccccc12. The number of phenols is 1. The number of rotatable bonds is 2. The molecule has 0 unspecified atom stereocenters. The summed E-state index contributed by atoms with van der Waals surface area (Å²) < 4.78 is 0. The minimum atomic E-state index is -0.377. The van der Waals surface area contributed by atoms with E-state index in [0.29, 0.717) is 21.8 Å². The van der Waals surface area contributed by atoms with Crippen molar-refractivity contribution in [2.75, 3.05) is 10.6 Å². The number of amides is 2. The van der Waals surface area contributed by atoms with E-state index in [9.17, 15) is 9.90 Å². The van der Waals surface area contributed by atoms with Crippen molar-refractivity contribution < 1.29 is 9.90 Å². The third-order valence-electron chi connectivity index (χ3n) is 3.23. The van der Waals surface area contributed by atoms with Crippen LogP contribution in [0.15, 0.2) is 60.7 Å². The minimum absolute atomic E-state index is 0.177. The van der Waals surface area contributed by atoms with Crippen molar-refractivity contribution in [2.24, 2.45) is 0 Å². The number of aromatic hydroxyl groups is 1. The molecule has 0 aliphatic heterocycles. The number of nitrogens with one attached hydrogen (secondary N) is 2. The molecule has 2 amide bonds. The lowest BCUT2D eigenvalue weighted by Gasteiger charge is -2.11. The molecule has 0 atom stereocenters. The molecule has 3 aromatic rings. The van der Waals surface area contributed by atoms with Gasteiger partial charge in [0.25, 0.3) is 0 Å². The maximum atomic E-state index is 12.1. The predicted molar refractivity (Wildman–Crippen MR) is 89.7 cm³/mol. The fraction of sp³-hybridized carbons (Fsp3) is 0. The quantitative estimate of drug-likeness (QED) is 0.593. The Morgan fingerprint density at radius 3 is 2.45 bits per heavy atom. The van der Waals surface area contributed by atoms with E-state index in [-0.39, 0.29) is 11.8 Å². The third kappa shape index (κ3) is 2.97. The number of halogens is 1. The molecular formula is C17H13ClN2O2. The molecule has 22 heavy (non-hydrogen) atoms. The maximum absolute atomic E-state index is 12.1. The Balaban J connectivity index is 1.84. The van der Waals surface area contributed by atoms with E-state index in [1.165, 1.54) is 0 Å². The molecule has 0 bridgehead atoms. The molecule has 5 heteroatoms. The number of benzene rings is 3. The van der Waals surface area contributed by atoms with Crippen molar-refractivity contribution >= 4 is 39.8 Å². The largest absolute Gasteiger partial charge is 0.507 e. The molecule has 0 fully saturated rings. The molecule has 3 N–H and O–H groups in total. The van der Waals surface area contributed by atoms with Gasteiger partial charge in [-0.2, -0.15) is 0 Å². The minimum Gasteiger partial charge on any atom is -0.507 e. The van der Waals surface area contributed by atoms with Gasteiger partial charge in [0.15, 0.2) is 0 Å². The number of fused-ring (bicyclic) bond motifs is 1. The molecule has 0 aliphatic carbocycles. The van der Waals surface area contributed by atoms with E-state index in [2.05, 4.69) is 10.6 Å². The van der Waals surface area contributed by atoms with Gasteiger partial charge >= 0.3 is 6.03 Å². The number of carbonyl (C=O) groups excluding carboxylic acids is 1. The standard InChI is InChI=1S/C17H13ClN2O2/c18-11-4-3-5-12(10-11)19-17(22)20-15-8-9-16(21)14-7-2-1-6-13(14)15/h1-10,21H,(H2,19,20,22). The predicted octanol–water partition coefficient (Wildman–Crippen LogP) is 4.84. The summed E-state index contributed by atoms with van der Waals surface area (Å²) in [6.07, 6.45) is 0. The van der Waals surface area contributed by atoms with Crippen LogP contribution in [0.5, 0.6) is 5.75 Å². The molecule has 0 radical (unpaired) electrons. The normalized spacial score (nSPS) is 10.4. The van der Waals surface area contributed by atoms with Gasteiger partial charge in [-0.15, -0.1) is 0 Å². The molecule has 3 rings (SSSR count). The summed E-state index contributed by atoms with van der Waals surface area (Å²) >= 11 is 5.88. The van der Waals surface area contributed by atoms with Crippen molar-refractivity contribution in [1.82, 2.24) is 0 Å². The molecule has 0 saturated heterocycles. The van der Waals surface area contributed by atoms with Crippen LogP contribution in [0.1, 0.15) is 0 Å². The van der Waals surface area contributed by atoms with E-state index in [0.717, 1.165) is 5.39 Å². The summed E-state index contributed by atoms with van der Waals surface area (Å²) in [5.74, 6) is 0.177. The fourth-order valence-electron chi connectivity index (χ4n) is 2.24. The average Bonchev–Trinajstić information content (AvgIpc) is 2.50. The van der Waals surface area contributed by atoms with Crippen LogP contribution in [0.25, 0.3) is 10.8 Å². The second-order valence-electron chi connectivity index (χ2n) is 4.77. The number of hydrogen-bond acceptors (Lipinski definition) is 2. The second-order valence-corrected chi connectivity index (χ2v) is 5.20. The highest BCUT2D eigenvalue weighted by Gasteiger charge is 2.08. The van der Waals surface area contributed by atoms with Crippen LogP contribution in [-0.4, -0.2) is 11.1 Å². The van der Waals surface area contributed by atoms with Gasteiger partial charge < -0.3 is 15.7 Å². The number of carbonyl (C=O) groups is 1. The van der Waals surface area contributed by atoms with Crippen molar-refractivity contribution in [3.05, 3.63) is 65.7 Å². The van der Waals surface area contributed by atoms with Crippen molar-refractivity contribution in [3.8, 4) is 5.75 Å². The van der Waals surface area contributed by atoms with Crippen molar-refractivity contribution in [3.63, 3.8) is 0 Å². The first kappa shape index (κ1) is 14.2. The summed E-state index contributed by atoms with van der Waals surface area (Å²) in [5, 5.41) is 17.3. The number of phenolic OH excluding ortho intramolecular Hbond substituents is 1. The van der Waals surface area contributed by atoms with Crippen molar-refractivity contribution in [1.29, 1.82) is 0 Å². The van der Waals surface area contributed by atoms with E-state index in [1.807, 2.05) is 18.2 Å². The first-order valence-electron chi connectivity index (χ1n) is 6.68. The Kier molecular flexibility index (Phi) is 3.85. The first-order valence-corrected chi connectivity index (χ1v) is 7.05. The van der Waals surface area contributed by atoms with Crippen LogP contribution in [0.4, 0.5) is 16.2 Å². The Hall–Kier alpha value is -2.72. The average molecular weight is 313 g/mol. The van der Waals surface area contributed by atoms with Crippen LogP contribution in [0, 0.1) is 0 Å². The summed E-state index contributed by atoms with van der Waals surface area (Å²) in [5.41, 5.74) is 1.22. The lowest BCUT2D eigenvalue weighted by Crippen LogP contribution is -2.19. The highest BCUT2D eigenvalue weighted by molar-refractivity contribution is 6.30. The Morgan fingerprint density at radius 2 is 1.68 bits per heavy atom. The number of urea groups is 1. The molecule has 0 aromatic heterocycles. The Labute approximate surface area is 132 Å². The smallest absolute Gasteiger partial charge is 0.323 e. The van der Waals surface area contributed by atoms with Gasteiger partial charge in [-0.3, -0.25) is 0 Å². The molecule has 0 saturated carbocycles. The van der Waals surface area contributed by atoms with Crippen LogP contribution in [0.3, 0.4) is 0 Å². The summed E-state index contributed by atoms with van der Waals surface area (Å²) in [6, 6.07) is 17.1. The van der Waals surface area contributed by atoms with Gasteiger partial charge in [0.2, 0.25) is 0 Å². The zero-order valence-electron chi connectivity index (χ0n) is 11.5. The zero-order chi connectivity index (χ0) is 15.5. The van der Waals surface area contributed by atoms with Gasteiger partial charge in [-0.25, -0.2) is 4.79 Å². The molecule has 3 aromatic carbocycles. The topological polar surface area (TPSA) is 61.4 Å². The Morgan fingerprint density at radius 1 is 0.909 bits per heavy atom. The summed E-state index contributed by atoms with van der Waals surface area (Å²) in [6.45, 7) is 0. The summed E-state index contributed by atoms with van der Waals surface area (Å²) in [7, 11) is 0. The molecule has 4 nitrogen and oxygen atoms in total. The molecule has 0 heterocycles. The van der Waals surface area contributed by atoms with Crippen LogP contribution < -0.4 is 10.6 Å². The second kappa shape index (κ2) is 5.95. The van der Waals surface area contributed by atoms with Crippen LogP contribution in [-0.2, 0) is 0 Å². The van der Waals surface area contributed by atoms with Crippen molar-refractivity contribution in [2.45, 2.75) is 0 Å². The van der Waals surface area contributed by atoms with E-state index in [4.69, 9.17) is 11.6 Å². The molecule has 0 spiro atoms. The van der Waals surface area contributed by atoms with Gasteiger partial charge in [-0.05, 0) is 30.3 Å². The Bertz CT molecular complexity index is 849. The van der Waals surface area contributed by atoms with E-state index >= 15 is 0 Å². The monoisotopic (exact) mass is 312 g/mol. The number of anilines is 2. The number of hydrogen-bond donors (Lipinski definition) is 3. The fourth-order valence-corrected chi connectivity index (χ4v) is 2.43. The highest BCUT2D eigenvalue weighted by Crippen LogP contribution is 2.30. The lowest BCUT2D eigenvalue weighted by atomic mass is 10.1. The summed E-state index contributed by atoms with van der Waals surface area (Å²) in [4.78, 5) is 12.1. The van der Waals surface area contributed by atoms with Gasteiger partial charge in [0.05, 0.1) is 5.69 Å². The first-order chi connectivity index (χ1) is 10.6. The lowest BCUT2D eigenvalue weighted by molar-refractivity contribution is 0.262. The molecule has 0 aliphatic rings. The van der Waals surface area contributed by atoms with Gasteiger partial charge in [-0.1, -0.05) is 41.9 Å². The molecular weight excluding hydrogens is 300 g/mol. The van der Waals surface area contributed by atoms with E-state index < -0.39 is 0 Å². The zero-order valence-corrected chi connectivity index (χ0v) is 12.3.